The summed E-state index contributed by atoms with van der Waals surface area (Å²) in [5.41, 5.74) is 0.973. The van der Waals surface area contributed by atoms with Crippen LogP contribution >= 0.6 is 0 Å². The SMILES string of the molecule is CCCC(C)CC(O)c1ccoc1CC. The van der Waals surface area contributed by atoms with Crippen LogP contribution in [0, 0.1) is 5.92 Å². The van der Waals surface area contributed by atoms with Gasteiger partial charge in [0.1, 0.15) is 5.76 Å². The van der Waals surface area contributed by atoms with Crippen LogP contribution in [0.4, 0.5) is 0 Å². The highest BCUT2D eigenvalue weighted by Gasteiger charge is 2.16. The Morgan fingerprint density at radius 3 is 2.73 bits per heavy atom. The van der Waals surface area contributed by atoms with Gasteiger partial charge in [0, 0.05) is 12.0 Å². The summed E-state index contributed by atoms with van der Waals surface area (Å²) in [5, 5.41) is 10.1. The van der Waals surface area contributed by atoms with Gasteiger partial charge in [0.25, 0.3) is 0 Å². The summed E-state index contributed by atoms with van der Waals surface area (Å²) in [4.78, 5) is 0. The van der Waals surface area contributed by atoms with Gasteiger partial charge in [-0.05, 0) is 18.4 Å². The third kappa shape index (κ3) is 3.38. The lowest BCUT2D eigenvalue weighted by atomic mass is 9.95. The largest absolute Gasteiger partial charge is 0.469 e. The summed E-state index contributed by atoms with van der Waals surface area (Å²) >= 11 is 0. The molecule has 0 fully saturated rings. The van der Waals surface area contributed by atoms with Crippen molar-refractivity contribution in [2.75, 3.05) is 0 Å². The van der Waals surface area contributed by atoms with E-state index in [1.54, 1.807) is 6.26 Å². The van der Waals surface area contributed by atoms with Gasteiger partial charge in [-0.1, -0.05) is 33.6 Å². The molecule has 15 heavy (non-hydrogen) atoms. The minimum absolute atomic E-state index is 0.361. The molecule has 0 saturated carbocycles. The van der Waals surface area contributed by atoms with E-state index in [9.17, 15) is 5.11 Å². The monoisotopic (exact) mass is 210 g/mol. The van der Waals surface area contributed by atoms with E-state index >= 15 is 0 Å². The Labute approximate surface area is 92.3 Å². The Morgan fingerprint density at radius 2 is 2.13 bits per heavy atom. The van der Waals surface area contributed by atoms with Crippen LogP contribution in [0.25, 0.3) is 0 Å². The van der Waals surface area contributed by atoms with E-state index in [4.69, 9.17) is 4.42 Å². The quantitative estimate of drug-likeness (QED) is 0.776. The smallest absolute Gasteiger partial charge is 0.109 e. The van der Waals surface area contributed by atoms with E-state index in [1.165, 1.54) is 12.8 Å². The standard InChI is InChI=1S/C13H22O2/c1-4-6-10(3)9-12(14)11-7-8-15-13(11)5-2/h7-8,10,12,14H,4-6,9H2,1-3H3. The van der Waals surface area contributed by atoms with Crippen LogP contribution in [0.1, 0.15) is 57.5 Å². The van der Waals surface area contributed by atoms with Gasteiger partial charge in [0.2, 0.25) is 0 Å². The first-order valence-electron chi connectivity index (χ1n) is 5.93. The van der Waals surface area contributed by atoms with Crippen molar-refractivity contribution in [3.05, 3.63) is 23.7 Å². The first-order valence-corrected chi connectivity index (χ1v) is 5.93. The molecule has 1 N–H and O–H groups in total. The van der Waals surface area contributed by atoms with Gasteiger partial charge < -0.3 is 9.52 Å². The summed E-state index contributed by atoms with van der Waals surface area (Å²) in [6.07, 6.45) is 5.35. The number of aryl methyl sites for hydroxylation is 1. The first-order chi connectivity index (χ1) is 7.19. The van der Waals surface area contributed by atoms with E-state index in [0.717, 1.165) is 24.2 Å². The lowest BCUT2D eigenvalue weighted by Gasteiger charge is -2.15. The third-order valence-electron chi connectivity index (χ3n) is 2.87. The van der Waals surface area contributed by atoms with Crippen molar-refractivity contribution in [2.24, 2.45) is 5.92 Å². The minimum Gasteiger partial charge on any atom is -0.469 e. The normalized spacial score (nSPS) is 15.2. The van der Waals surface area contributed by atoms with Crippen molar-refractivity contribution in [3.63, 3.8) is 0 Å². The Hall–Kier alpha value is -0.760. The molecule has 0 radical (unpaired) electrons. The van der Waals surface area contributed by atoms with E-state index in [2.05, 4.69) is 13.8 Å². The fraction of sp³-hybridized carbons (Fsp3) is 0.692. The number of hydrogen-bond donors (Lipinski definition) is 1. The minimum atomic E-state index is -0.361. The van der Waals surface area contributed by atoms with Crippen molar-refractivity contribution < 1.29 is 9.52 Å². The Kier molecular flexibility index (Phi) is 4.89. The molecule has 0 aliphatic rings. The maximum absolute atomic E-state index is 10.1. The second-order valence-corrected chi connectivity index (χ2v) is 4.30. The number of aliphatic hydroxyl groups is 1. The Balaban J connectivity index is 2.56. The van der Waals surface area contributed by atoms with E-state index in [0.29, 0.717) is 5.92 Å². The fourth-order valence-electron chi connectivity index (χ4n) is 2.05. The molecule has 0 bridgehead atoms. The highest BCUT2D eigenvalue weighted by molar-refractivity contribution is 5.19. The topological polar surface area (TPSA) is 33.4 Å². The van der Waals surface area contributed by atoms with Gasteiger partial charge in [-0.25, -0.2) is 0 Å². The lowest BCUT2D eigenvalue weighted by Crippen LogP contribution is -2.05. The molecule has 2 heteroatoms. The van der Waals surface area contributed by atoms with E-state index in [-0.39, 0.29) is 6.10 Å². The predicted molar refractivity (Wildman–Crippen MR) is 61.7 cm³/mol. The van der Waals surface area contributed by atoms with Crippen LogP contribution in [0.3, 0.4) is 0 Å². The summed E-state index contributed by atoms with van der Waals surface area (Å²) in [6.45, 7) is 6.42. The molecule has 0 aliphatic carbocycles. The number of furan rings is 1. The lowest BCUT2D eigenvalue weighted by molar-refractivity contribution is 0.143. The van der Waals surface area contributed by atoms with E-state index < -0.39 is 0 Å². The number of rotatable bonds is 6. The van der Waals surface area contributed by atoms with Gasteiger partial charge in [-0.2, -0.15) is 0 Å². The molecular formula is C13H22O2. The van der Waals surface area contributed by atoms with Crippen molar-refractivity contribution >= 4 is 0 Å². The third-order valence-corrected chi connectivity index (χ3v) is 2.87. The summed E-state index contributed by atoms with van der Waals surface area (Å²) in [6, 6.07) is 1.89. The molecule has 1 aromatic heterocycles. The molecule has 2 nitrogen and oxygen atoms in total. The van der Waals surface area contributed by atoms with Gasteiger partial charge in [-0.15, -0.1) is 0 Å². The molecule has 0 saturated heterocycles. The molecule has 2 atom stereocenters. The first kappa shape index (κ1) is 12.3. The zero-order valence-corrected chi connectivity index (χ0v) is 9.99. The average molecular weight is 210 g/mol. The molecule has 86 valence electrons. The number of aliphatic hydroxyl groups excluding tert-OH is 1. The highest BCUT2D eigenvalue weighted by atomic mass is 16.3. The Morgan fingerprint density at radius 1 is 1.40 bits per heavy atom. The maximum atomic E-state index is 10.1. The second kappa shape index (κ2) is 5.96. The molecule has 0 aromatic carbocycles. The molecular weight excluding hydrogens is 188 g/mol. The zero-order valence-electron chi connectivity index (χ0n) is 9.99. The van der Waals surface area contributed by atoms with Crippen LogP contribution in [-0.2, 0) is 6.42 Å². The summed E-state index contributed by atoms with van der Waals surface area (Å²) in [5.74, 6) is 1.50. The number of hydrogen-bond acceptors (Lipinski definition) is 2. The molecule has 2 unspecified atom stereocenters. The van der Waals surface area contributed by atoms with Crippen molar-refractivity contribution in [2.45, 2.75) is 52.6 Å². The van der Waals surface area contributed by atoms with Gasteiger partial charge in [0.15, 0.2) is 0 Å². The van der Waals surface area contributed by atoms with E-state index in [1.807, 2.05) is 13.0 Å². The van der Waals surface area contributed by atoms with Crippen molar-refractivity contribution in [3.8, 4) is 0 Å². The molecule has 1 rings (SSSR count). The highest BCUT2D eigenvalue weighted by Crippen LogP contribution is 2.27. The van der Waals surface area contributed by atoms with Crippen molar-refractivity contribution in [1.29, 1.82) is 0 Å². The van der Waals surface area contributed by atoms with Gasteiger partial charge in [0.05, 0.1) is 12.4 Å². The summed E-state index contributed by atoms with van der Waals surface area (Å²) in [7, 11) is 0. The predicted octanol–water partition coefficient (Wildman–Crippen LogP) is 3.70. The molecule has 0 spiro atoms. The van der Waals surface area contributed by atoms with Gasteiger partial charge >= 0.3 is 0 Å². The van der Waals surface area contributed by atoms with Gasteiger partial charge in [-0.3, -0.25) is 0 Å². The zero-order chi connectivity index (χ0) is 11.3. The maximum Gasteiger partial charge on any atom is 0.109 e. The van der Waals surface area contributed by atoms with Crippen LogP contribution in [0.15, 0.2) is 16.7 Å². The fourth-order valence-corrected chi connectivity index (χ4v) is 2.05. The van der Waals surface area contributed by atoms with Crippen LogP contribution < -0.4 is 0 Å². The Bertz CT molecular complexity index is 278. The molecule has 0 aliphatic heterocycles. The summed E-state index contributed by atoms with van der Waals surface area (Å²) < 4.78 is 5.32. The molecule has 0 amide bonds. The average Bonchev–Trinajstić information content (AvgIpc) is 2.65. The molecule has 1 heterocycles. The van der Waals surface area contributed by atoms with Crippen LogP contribution in [0.5, 0.6) is 0 Å². The molecule has 1 aromatic rings. The van der Waals surface area contributed by atoms with Crippen molar-refractivity contribution in [1.82, 2.24) is 0 Å². The van der Waals surface area contributed by atoms with Crippen LogP contribution in [0.2, 0.25) is 0 Å². The van der Waals surface area contributed by atoms with Crippen LogP contribution in [-0.4, -0.2) is 5.11 Å². The second-order valence-electron chi connectivity index (χ2n) is 4.30.